The molecule has 2 aliphatic heterocycles. The van der Waals surface area contributed by atoms with Crippen molar-refractivity contribution in [1.29, 1.82) is 0 Å². The first kappa shape index (κ1) is 8.60. The molecule has 1 saturated heterocycles. The molecule has 0 radical (unpaired) electrons. The Morgan fingerprint density at radius 3 is 3.29 bits per heavy atom. The largest absolute Gasteiger partial charge is 0.380 e. The van der Waals surface area contributed by atoms with Crippen molar-refractivity contribution < 1.29 is 0 Å². The van der Waals surface area contributed by atoms with Gasteiger partial charge in [0.15, 0.2) is 0 Å². The molecule has 14 heavy (non-hydrogen) atoms. The SMILES string of the molecule is Brc1cccc2c1NCC1CCCN21. The molecule has 1 aromatic carbocycles. The molecule has 0 spiro atoms. The zero-order valence-corrected chi connectivity index (χ0v) is 9.55. The first-order valence-electron chi connectivity index (χ1n) is 5.15. The molecule has 2 heterocycles. The van der Waals surface area contributed by atoms with Crippen LogP contribution in [0.4, 0.5) is 11.4 Å². The number of nitrogens with one attached hydrogen (secondary N) is 1. The average Bonchev–Trinajstić information content (AvgIpc) is 2.66. The summed E-state index contributed by atoms with van der Waals surface area (Å²) in [5, 5.41) is 3.51. The van der Waals surface area contributed by atoms with E-state index >= 15 is 0 Å². The molecule has 0 aromatic heterocycles. The fourth-order valence-corrected chi connectivity index (χ4v) is 3.01. The second-order valence-electron chi connectivity index (χ2n) is 4.00. The van der Waals surface area contributed by atoms with E-state index in [9.17, 15) is 0 Å². The molecule has 1 fully saturated rings. The number of fused-ring (bicyclic) bond motifs is 3. The third-order valence-electron chi connectivity index (χ3n) is 3.19. The molecular formula is C11H13BrN2. The van der Waals surface area contributed by atoms with E-state index in [0.29, 0.717) is 0 Å². The number of anilines is 2. The molecule has 2 aliphatic rings. The van der Waals surface area contributed by atoms with E-state index in [0.717, 1.165) is 12.6 Å². The van der Waals surface area contributed by atoms with Crippen LogP contribution in [0, 0.1) is 0 Å². The van der Waals surface area contributed by atoms with Crippen LogP contribution in [0.3, 0.4) is 0 Å². The van der Waals surface area contributed by atoms with Crippen LogP contribution in [-0.2, 0) is 0 Å². The van der Waals surface area contributed by atoms with Crippen LogP contribution in [-0.4, -0.2) is 19.1 Å². The fourth-order valence-electron chi connectivity index (χ4n) is 2.51. The maximum atomic E-state index is 3.59. The summed E-state index contributed by atoms with van der Waals surface area (Å²) < 4.78 is 1.18. The molecule has 1 atom stereocenters. The number of nitrogens with zero attached hydrogens (tertiary/aromatic N) is 1. The standard InChI is InChI=1S/C11H13BrN2/c12-9-4-1-5-10-11(9)13-7-8-3-2-6-14(8)10/h1,4-5,8,13H,2-3,6-7H2. The van der Waals surface area contributed by atoms with E-state index in [-0.39, 0.29) is 0 Å². The predicted octanol–water partition coefficient (Wildman–Crippen LogP) is 2.84. The Bertz CT molecular complexity index is 364. The van der Waals surface area contributed by atoms with E-state index in [1.54, 1.807) is 0 Å². The summed E-state index contributed by atoms with van der Waals surface area (Å²) in [6, 6.07) is 7.15. The van der Waals surface area contributed by atoms with Gasteiger partial charge in [-0.15, -0.1) is 0 Å². The van der Waals surface area contributed by atoms with Gasteiger partial charge in [-0.2, -0.15) is 0 Å². The van der Waals surface area contributed by atoms with Gasteiger partial charge < -0.3 is 10.2 Å². The van der Waals surface area contributed by atoms with Crippen LogP contribution in [0.15, 0.2) is 22.7 Å². The highest BCUT2D eigenvalue weighted by atomic mass is 79.9. The fraction of sp³-hybridized carbons (Fsp3) is 0.455. The molecule has 1 unspecified atom stereocenters. The highest BCUT2D eigenvalue weighted by Gasteiger charge is 2.30. The van der Waals surface area contributed by atoms with Crippen molar-refractivity contribution in [2.75, 3.05) is 23.3 Å². The van der Waals surface area contributed by atoms with Crippen LogP contribution in [0.25, 0.3) is 0 Å². The van der Waals surface area contributed by atoms with E-state index < -0.39 is 0 Å². The maximum Gasteiger partial charge on any atom is 0.0723 e. The minimum Gasteiger partial charge on any atom is -0.380 e. The van der Waals surface area contributed by atoms with E-state index in [4.69, 9.17) is 0 Å². The number of rotatable bonds is 0. The van der Waals surface area contributed by atoms with Crippen LogP contribution in [0.5, 0.6) is 0 Å². The summed E-state index contributed by atoms with van der Waals surface area (Å²) in [7, 11) is 0. The molecule has 0 bridgehead atoms. The first-order chi connectivity index (χ1) is 6.86. The van der Waals surface area contributed by atoms with E-state index in [1.165, 1.54) is 35.2 Å². The van der Waals surface area contributed by atoms with Crippen molar-refractivity contribution in [2.45, 2.75) is 18.9 Å². The van der Waals surface area contributed by atoms with Crippen LogP contribution in [0.1, 0.15) is 12.8 Å². The lowest BCUT2D eigenvalue weighted by Gasteiger charge is -2.34. The first-order valence-corrected chi connectivity index (χ1v) is 5.94. The van der Waals surface area contributed by atoms with Crippen molar-refractivity contribution in [2.24, 2.45) is 0 Å². The Hall–Kier alpha value is -0.700. The van der Waals surface area contributed by atoms with Crippen molar-refractivity contribution in [3.8, 4) is 0 Å². The van der Waals surface area contributed by atoms with Crippen LogP contribution in [0.2, 0.25) is 0 Å². The van der Waals surface area contributed by atoms with Crippen molar-refractivity contribution >= 4 is 27.3 Å². The summed E-state index contributed by atoms with van der Waals surface area (Å²) in [5.41, 5.74) is 2.64. The third-order valence-corrected chi connectivity index (χ3v) is 3.85. The van der Waals surface area contributed by atoms with Gasteiger partial charge >= 0.3 is 0 Å². The van der Waals surface area contributed by atoms with Crippen LogP contribution >= 0.6 is 15.9 Å². The quantitative estimate of drug-likeness (QED) is 0.764. The molecular weight excluding hydrogens is 240 g/mol. The average molecular weight is 253 g/mol. The molecule has 74 valence electrons. The van der Waals surface area contributed by atoms with Gasteiger partial charge in [0.1, 0.15) is 0 Å². The molecule has 3 heteroatoms. The number of para-hydroxylation sites is 1. The second-order valence-corrected chi connectivity index (χ2v) is 4.86. The molecule has 0 amide bonds. The molecule has 0 saturated carbocycles. The van der Waals surface area contributed by atoms with E-state index in [1.807, 2.05) is 0 Å². The minimum absolute atomic E-state index is 0.719. The summed E-state index contributed by atoms with van der Waals surface area (Å²) in [6.07, 6.45) is 2.66. The zero-order chi connectivity index (χ0) is 9.54. The van der Waals surface area contributed by atoms with Crippen LogP contribution < -0.4 is 10.2 Å². The maximum absolute atomic E-state index is 3.59. The number of hydrogen-bond acceptors (Lipinski definition) is 2. The molecule has 3 rings (SSSR count). The van der Waals surface area contributed by atoms with Gasteiger partial charge in [0.05, 0.1) is 11.4 Å². The topological polar surface area (TPSA) is 15.3 Å². The molecule has 1 N–H and O–H groups in total. The van der Waals surface area contributed by atoms with Gasteiger partial charge in [-0.1, -0.05) is 6.07 Å². The lowest BCUT2D eigenvalue weighted by Crippen LogP contribution is -2.39. The molecule has 2 nitrogen and oxygen atoms in total. The van der Waals surface area contributed by atoms with Crippen molar-refractivity contribution in [3.05, 3.63) is 22.7 Å². The number of hydrogen-bond donors (Lipinski definition) is 1. The third kappa shape index (κ3) is 1.15. The lowest BCUT2D eigenvalue weighted by molar-refractivity contribution is 0.682. The monoisotopic (exact) mass is 252 g/mol. The Balaban J connectivity index is 2.09. The smallest absolute Gasteiger partial charge is 0.0723 e. The van der Waals surface area contributed by atoms with Gasteiger partial charge in [-0.3, -0.25) is 0 Å². The summed E-state index contributed by atoms with van der Waals surface area (Å²) in [6.45, 7) is 2.31. The van der Waals surface area contributed by atoms with E-state index in [2.05, 4.69) is 44.3 Å². The van der Waals surface area contributed by atoms with Gasteiger partial charge in [0.2, 0.25) is 0 Å². The normalized spacial score (nSPS) is 24.1. The summed E-state index contributed by atoms with van der Waals surface area (Å²) in [5.74, 6) is 0. The Labute approximate surface area is 92.4 Å². The van der Waals surface area contributed by atoms with Gasteiger partial charge in [0, 0.05) is 23.6 Å². The number of benzene rings is 1. The Morgan fingerprint density at radius 1 is 1.43 bits per heavy atom. The summed E-state index contributed by atoms with van der Waals surface area (Å²) in [4.78, 5) is 2.54. The van der Waals surface area contributed by atoms with Gasteiger partial charge in [-0.05, 0) is 40.9 Å². The highest BCUT2D eigenvalue weighted by molar-refractivity contribution is 9.10. The lowest BCUT2D eigenvalue weighted by atomic mass is 10.1. The van der Waals surface area contributed by atoms with Crippen molar-refractivity contribution in [3.63, 3.8) is 0 Å². The highest BCUT2D eigenvalue weighted by Crippen LogP contribution is 2.39. The predicted molar refractivity (Wildman–Crippen MR) is 63.0 cm³/mol. The molecule has 1 aromatic rings. The Morgan fingerprint density at radius 2 is 2.36 bits per heavy atom. The number of halogens is 1. The van der Waals surface area contributed by atoms with Gasteiger partial charge in [0.25, 0.3) is 0 Å². The second kappa shape index (κ2) is 3.16. The summed E-state index contributed by atoms with van der Waals surface area (Å²) >= 11 is 3.59. The minimum atomic E-state index is 0.719. The van der Waals surface area contributed by atoms with Gasteiger partial charge in [-0.25, -0.2) is 0 Å². The zero-order valence-electron chi connectivity index (χ0n) is 7.96. The van der Waals surface area contributed by atoms with Crippen molar-refractivity contribution in [1.82, 2.24) is 0 Å². The Kier molecular flexibility index (Phi) is 1.94. The molecule has 0 aliphatic carbocycles.